The van der Waals surface area contributed by atoms with Crippen molar-refractivity contribution in [2.75, 3.05) is 0 Å². The van der Waals surface area contributed by atoms with E-state index in [2.05, 4.69) is 94.5 Å². The number of halogens is 1. The first-order valence-corrected chi connectivity index (χ1v) is 7.92. The van der Waals surface area contributed by atoms with Gasteiger partial charge in [0.2, 0.25) is 0 Å². The lowest BCUT2D eigenvalue weighted by molar-refractivity contribution is 0.574. The highest BCUT2D eigenvalue weighted by molar-refractivity contribution is 14.1. The quantitative estimate of drug-likeness (QED) is 0.422. The first-order valence-electron chi connectivity index (χ1n) is 6.84. The molecule has 0 aliphatic carbocycles. The Hall–Kier alpha value is -0.570. The molecule has 0 saturated carbocycles. The Balaban J connectivity index is 2.93. The summed E-state index contributed by atoms with van der Waals surface area (Å²) in [7, 11) is 0. The van der Waals surface area contributed by atoms with E-state index < -0.39 is 0 Å². The minimum Gasteiger partial charge on any atom is -0.0742 e. The molecule has 0 aliphatic heterocycles. The molecular formula is C18H23I. The SMILES string of the molecule is Cc1c(C(C)(C)I)c(C(C)(C)C)cc2ccccc12. The summed E-state index contributed by atoms with van der Waals surface area (Å²) in [5, 5.41) is 2.74. The van der Waals surface area contributed by atoms with Crippen molar-refractivity contribution in [2.24, 2.45) is 0 Å². The number of hydrogen-bond donors (Lipinski definition) is 0. The number of fused-ring (bicyclic) bond motifs is 1. The number of aryl methyl sites for hydroxylation is 1. The number of benzene rings is 2. The Kier molecular flexibility index (Phi) is 3.72. The molecule has 102 valence electrons. The third-order valence-corrected chi connectivity index (χ3v) is 4.25. The maximum Gasteiger partial charge on any atom is 0.0419 e. The van der Waals surface area contributed by atoms with Crippen LogP contribution in [0.5, 0.6) is 0 Å². The van der Waals surface area contributed by atoms with E-state index >= 15 is 0 Å². The molecule has 19 heavy (non-hydrogen) atoms. The van der Waals surface area contributed by atoms with Gasteiger partial charge in [-0.25, -0.2) is 0 Å². The zero-order chi connectivity index (χ0) is 14.4. The van der Waals surface area contributed by atoms with Crippen LogP contribution in [0.25, 0.3) is 10.8 Å². The fourth-order valence-corrected chi connectivity index (χ4v) is 3.58. The van der Waals surface area contributed by atoms with Crippen LogP contribution in [0.2, 0.25) is 0 Å². The summed E-state index contributed by atoms with van der Waals surface area (Å²) in [5.41, 5.74) is 4.58. The molecular weight excluding hydrogens is 343 g/mol. The Labute approximate surface area is 130 Å². The van der Waals surface area contributed by atoms with Crippen molar-refractivity contribution in [3.63, 3.8) is 0 Å². The van der Waals surface area contributed by atoms with Crippen LogP contribution in [0.15, 0.2) is 30.3 Å². The normalized spacial score (nSPS) is 13.0. The van der Waals surface area contributed by atoms with Gasteiger partial charge in [-0.1, -0.05) is 73.7 Å². The average Bonchev–Trinajstić information content (AvgIpc) is 2.26. The molecule has 2 aromatic rings. The molecule has 2 aromatic carbocycles. The van der Waals surface area contributed by atoms with Gasteiger partial charge >= 0.3 is 0 Å². The van der Waals surface area contributed by atoms with Gasteiger partial charge in [-0.05, 0) is 53.6 Å². The van der Waals surface area contributed by atoms with Gasteiger partial charge < -0.3 is 0 Å². The van der Waals surface area contributed by atoms with Crippen molar-refractivity contribution in [3.05, 3.63) is 47.0 Å². The Morgan fingerprint density at radius 3 is 2.05 bits per heavy atom. The summed E-state index contributed by atoms with van der Waals surface area (Å²) in [6.07, 6.45) is 0. The Morgan fingerprint density at radius 1 is 0.947 bits per heavy atom. The van der Waals surface area contributed by atoms with Crippen molar-refractivity contribution in [3.8, 4) is 0 Å². The molecule has 0 aliphatic rings. The summed E-state index contributed by atoms with van der Waals surface area (Å²) >= 11 is 2.57. The summed E-state index contributed by atoms with van der Waals surface area (Å²) in [4.78, 5) is 0. The molecule has 0 saturated heterocycles. The van der Waals surface area contributed by atoms with Gasteiger partial charge in [0.25, 0.3) is 0 Å². The van der Waals surface area contributed by atoms with Gasteiger partial charge in [0.1, 0.15) is 0 Å². The van der Waals surface area contributed by atoms with E-state index in [4.69, 9.17) is 0 Å². The van der Waals surface area contributed by atoms with Gasteiger partial charge in [-0.15, -0.1) is 0 Å². The standard InChI is InChI=1S/C18H23I/c1-12-14-10-8-7-9-13(14)11-15(17(2,3)4)16(12)18(5,6)19/h7-11H,1-6H3. The zero-order valence-corrected chi connectivity index (χ0v) is 14.9. The van der Waals surface area contributed by atoms with E-state index in [0.29, 0.717) is 0 Å². The molecule has 0 atom stereocenters. The lowest BCUT2D eigenvalue weighted by atomic mass is 9.77. The predicted molar refractivity (Wildman–Crippen MR) is 94.4 cm³/mol. The lowest BCUT2D eigenvalue weighted by Gasteiger charge is -2.31. The highest BCUT2D eigenvalue weighted by Crippen LogP contribution is 2.42. The third kappa shape index (κ3) is 2.81. The molecule has 0 spiro atoms. The molecule has 0 nitrogen and oxygen atoms in total. The minimum atomic E-state index is 0.147. The zero-order valence-electron chi connectivity index (χ0n) is 12.8. The fourth-order valence-electron chi connectivity index (χ4n) is 2.89. The molecule has 0 unspecified atom stereocenters. The van der Waals surface area contributed by atoms with Gasteiger partial charge in [0.15, 0.2) is 0 Å². The predicted octanol–water partition coefficient (Wildman–Crippen LogP) is 6.12. The van der Waals surface area contributed by atoms with E-state index in [0.717, 1.165) is 0 Å². The van der Waals surface area contributed by atoms with E-state index in [9.17, 15) is 0 Å². The minimum absolute atomic E-state index is 0.147. The van der Waals surface area contributed by atoms with Gasteiger partial charge in [-0.2, -0.15) is 0 Å². The third-order valence-electron chi connectivity index (χ3n) is 3.71. The van der Waals surface area contributed by atoms with Crippen LogP contribution < -0.4 is 0 Å². The maximum atomic E-state index is 2.57. The van der Waals surface area contributed by atoms with Crippen LogP contribution in [0.3, 0.4) is 0 Å². The number of hydrogen-bond acceptors (Lipinski definition) is 0. The highest BCUT2D eigenvalue weighted by atomic mass is 127. The second kappa shape index (κ2) is 4.76. The molecule has 0 heterocycles. The summed E-state index contributed by atoms with van der Waals surface area (Å²) in [5.74, 6) is 0. The molecule has 0 bridgehead atoms. The topological polar surface area (TPSA) is 0 Å². The Bertz CT molecular complexity index is 610. The van der Waals surface area contributed by atoms with Crippen molar-refractivity contribution in [1.29, 1.82) is 0 Å². The Morgan fingerprint density at radius 2 is 1.53 bits per heavy atom. The van der Waals surface area contributed by atoms with Crippen LogP contribution in [0, 0.1) is 6.92 Å². The molecule has 0 aromatic heterocycles. The highest BCUT2D eigenvalue weighted by Gasteiger charge is 2.28. The largest absolute Gasteiger partial charge is 0.0742 e. The fraction of sp³-hybridized carbons (Fsp3) is 0.444. The van der Waals surface area contributed by atoms with Crippen molar-refractivity contribution < 1.29 is 0 Å². The van der Waals surface area contributed by atoms with Crippen LogP contribution in [-0.4, -0.2) is 0 Å². The molecule has 0 fully saturated rings. The van der Waals surface area contributed by atoms with E-state index in [-0.39, 0.29) is 8.84 Å². The van der Waals surface area contributed by atoms with Gasteiger partial charge in [0, 0.05) is 3.42 Å². The van der Waals surface area contributed by atoms with E-state index in [1.54, 1.807) is 0 Å². The molecule has 2 rings (SSSR count). The number of rotatable bonds is 1. The van der Waals surface area contributed by atoms with Gasteiger partial charge in [-0.3, -0.25) is 0 Å². The van der Waals surface area contributed by atoms with Crippen molar-refractivity contribution in [1.82, 2.24) is 0 Å². The monoisotopic (exact) mass is 366 g/mol. The van der Waals surface area contributed by atoms with Crippen LogP contribution in [0.4, 0.5) is 0 Å². The van der Waals surface area contributed by atoms with Crippen molar-refractivity contribution in [2.45, 2.75) is 50.4 Å². The lowest BCUT2D eigenvalue weighted by Crippen LogP contribution is -2.21. The smallest absolute Gasteiger partial charge is 0.0419 e. The molecule has 0 radical (unpaired) electrons. The van der Waals surface area contributed by atoms with Crippen LogP contribution in [0.1, 0.15) is 51.3 Å². The molecule has 1 heteroatoms. The van der Waals surface area contributed by atoms with Crippen LogP contribution in [-0.2, 0) is 8.84 Å². The summed E-state index contributed by atoms with van der Waals surface area (Å²) < 4.78 is 0.147. The molecule has 0 N–H and O–H groups in total. The number of alkyl halides is 1. The molecule has 0 amide bonds. The van der Waals surface area contributed by atoms with Crippen LogP contribution >= 0.6 is 22.6 Å². The average molecular weight is 366 g/mol. The van der Waals surface area contributed by atoms with E-state index in [1.165, 1.54) is 27.5 Å². The second-order valence-electron chi connectivity index (χ2n) is 6.87. The maximum absolute atomic E-state index is 2.57. The second-order valence-corrected chi connectivity index (χ2v) is 9.56. The summed E-state index contributed by atoms with van der Waals surface area (Å²) in [6, 6.07) is 11.1. The summed E-state index contributed by atoms with van der Waals surface area (Å²) in [6.45, 7) is 13.8. The first-order chi connectivity index (χ1) is 8.62. The van der Waals surface area contributed by atoms with Gasteiger partial charge in [0.05, 0.1) is 0 Å². The van der Waals surface area contributed by atoms with E-state index in [1.807, 2.05) is 0 Å². The first kappa shape index (κ1) is 14.8. The van der Waals surface area contributed by atoms with Crippen molar-refractivity contribution >= 4 is 33.4 Å².